The molecular weight excluding hydrogens is 404 g/mol. The van der Waals surface area contributed by atoms with Crippen LogP contribution in [-0.4, -0.2) is 74.2 Å². The summed E-state index contributed by atoms with van der Waals surface area (Å²) in [4.78, 5) is 54.1. The third kappa shape index (κ3) is 4.60. The largest absolute Gasteiger partial charge is 0.468 e. The molecule has 1 amide bonds. The smallest absolute Gasteiger partial charge is 0.338 e. The average Bonchev–Trinajstić information content (AvgIpc) is 2.96. The molecule has 170 valence electrons. The van der Waals surface area contributed by atoms with Crippen molar-refractivity contribution in [2.24, 2.45) is 5.92 Å². The van der Waals surface area contributed by atoms with E-state index in [-0.39, 0.29) is 30.1 Å². The Morgan fingerprint density at radius 3 is 2.32 bits per heavy atom. The van der Waals surface area contributed by atoms with Crippen LogP contribution in [0, 0.1) is 5.92 Å². The van der Waals surface area contributed by atoms with Crippen LogP contribution in [0.1, 0.15) is 44.9 Å². The molecule has 0 spiro atoms. The SMILES string of the molecule is COC(=O)CN1C(=O)CN2C=C3CCCCCCCC(C(C(=O)OC)=C3C(=O)OC)C21. The van der Waals surface area contributed by atoms with Gasteiger partial charge in [-0.3, -0.25) is 9.59 Å². The summed E-state index contributed by atoms with van der Waals surface area (Å²) in [5, 5.41) is 0. The lowest BCUT2D eigenvalue weighted by molar-refractivity contribution is -0.147. The van der Waals surface area contributed by atoms with Crippen LogP contribution in [0.3, 0.4) is 0 Å². The normalized spacial score (nSPS) is 24.1. The maximum atomic E-state index is 13.0. The van der Waals surface area contributed by atoms with Crippen molar-refractivity contribution in [1.82, 2.24) is 9.80 Å². The minimum atomic E-state index is -0.616. The quantitative estimate of drug-likeness (QED) is 0.485. The molecule has 9 nitrogen and oxygen atoms in total. The number of carbonyl (C=O) groups excluding carboxylic acids is 4. The highest BCUT2D eigenvalue weighted by atomic mass is 16.5. The van der Waals surface area contributed by atoms with E-state index >= 15 is 0 Å². The van der Waals surface area contributed by atoms with Crippen molar-refractivity contribution in [3.05, 3.63) is 22.9 Å². The fraction of sp³-hybridized carbons (Fsp3) is 0.636. The number of hydrogen-bond acceptors (Lipinski definition) is 8. The van der Waals surface area contributed by atoms with Crippen molar-refractivity contribution >= 4 is 23.8 Å². The van der Waals surface area contributed by atoms with E-state index in [1.165, 1.54) is 26.2 Å². The van der Waals surface area contributed by atoms with Crippen LogP contribution in [-0.2, 0) is 33.4 Å². The Morgan fingerprint density at radius 2 is 1.65 bits per heavy atom. The summed E-state index contributed by atoms with van der Waals surface area (Å²) in [6.45, 7) is -0.164. The van der Waals surface area contributed by atoms with Crippen molar-refractivity contribution in [2.45, 2.75) is 51.1 Å². The standard InChI is InChI=1S/C22H30N2O7/c1-29-17(26)13-24-16(25)12-23-11-14-9-7-5-4-6-8-10-15(20(23)24)19(22(28)31-3)18(14)21(27)30-2/h11,15,20H,4-10,12-13H2,1-3H3. The molecule has 1 saturated heterocycles. The van der Waals surface area contributed by atoms with E-state index in [2.05, 4.69) is 0 Å². The van der Waals surface area contributed by atoms with Crippen LogP contribution in [0.2, 0.25) is 0 Å². The van der Waals surface area contributed by atoms with E-state index in [1.54, 1.807) is 6.20 Å². The minimum Gasteiger partial charge on any atom is -0.468 e. The van der Waals surface area contributed by atoms with Crippen LogP contribution in [0.5, 0.6) is 0 Å². The highest BCUT2D eigenvalue weighted by Crippen LogP contribution is 2.40. The molecule has 9 heteroatoms. The zero-order valence-corrected chi connectivity index (χ0v) is 18.3. The monoisotopic (exact) mass is 434 g/mol. The molecule has 2 aliphatic heterocycles. The summed E-state index contributed by atoms with van der Waals surface area (Å²) in [6, 6.07) is 0. The van der Waals surface area contributed by atoms with Gasteiger partial charge in [-0.15, -0.1) is 0 Å². The Bertz CT molecular complexity index is 817. The zero-order chi connectivity index (χ0) is 22.5. The van der Waals surface area contributed by atoms with Gasteiger partial charge < -0.3 is 24.0 Å². The maximum Gasteiger partial charge on any atom is 0.338 e. The Kier molecular flexibility index (Phi) is 7.35. The molecule has 2 unspecified atom stereocenters. The fourth-order valence-corrected chi connectivity index (χ4v) is 4.79. The summed E-state index contributed by atoms with van der Waals surface area (Å²) in [5.41, 5.74) is 1.11. The Balaban J connectivity index is 2.21. The minimum absolute atomic E-state index is 0.0601. The number of nitrogens with zero attached hydrogens (tertiary/aromatic N) is 2. The molecule has 0 aromatic heterocycles. The molecule has 1 aliphatic carbocycles. The summed E-state index contributed by atoms with van der Waals surface area (Å²) in [7, 11) is 3.83. The van der Waals surface area contributed by atoms with E-state index in [4.69, 9.17) is 14.2 Å². The lowest BCUT2D eigenvalue weighted by Crippen LogP contribution is -2.47. The second kappa shape index (κ2) is 9.98. The Morgan fingerprint density at radius 1 is 0.968 bits per heavy atom. The third-order valence-electron chi connectivity index (χ3n) is 6.22. The predicted molar refractivity (Wildman–Crippen MR) is 109 cm³/mol. The Labute approximate surface area is 182 Å². The molecule has 3 rings (SSSR count). The lowest BCUT2D eigenvalue weighted by atomic mass is 9.85. The molecule has 2 heterocycles. The first-order chi connectivity index (χ1) is 14.9. The predicted octanol–water partition coefficient (Wildman–Crippen LogP) is 1.53. The van der Waals surface area contributed by atoms with Crippen LogP contribution in [0.15, 0.2) is 22.9 Å². The summed E-state index contributed by atoms with van der Waals surface area (Å²) < 4.78 is 14.9. The lowest BCUT2D eigenvalue weighted by Gasteiger charge is -2.35. The molecule has 2 bridgehead atoms. The van der Waals surface area contributed by atoms with Gasteiger partial charge in [0, 0.05) is 12.1 Å². The van der Waals surface area contributed by atoms with Crippen LogP contribution < -0.4 is 0 Å². The second-order valence-corrected chi connectivity index (χ2v) is 8.02. The Hall–Kier alpha value is -2.84. The van der Waals surface area contributed by atoms with Gasteiger partial charge in [0.2, 0.25) is 5.91 Å². The van der Waals surface area contributed by atoms with Crippen molar-refractivity contribution in [3.8, 4) is 0 Å². The molecule has 0 aromatic carbocycles. The maximum absolute atomic E-state index is 13.0. The number of hydrogen-bond donors (Lipinski definition) is 0. The topological polar surface area (TPSA) is 102 Å². The number of ether oxygens (including phenoxy) is 3. The number of fused-ring (bicyclic) bond motifs is 4. The van der Waals surface area contributed by atoms with Crippen molar-refractivity contribution < 1.29 is 33.4 Å². The molecule has 3 aliphatic rings. The number of methoxy groups -OCH3 is 3. The summed E-state index contributed by atoms with van der Waals surface area (Å²) in [6.07, 6.45) is 7.07. The first-order valence-electron chi connectivity index (χ1n) is 10.7. The fourth-order valence-electron chi connectivity index (χ4n) is 4.79. The first kappa shape index (κ1) is 22.8. The van der Waals surface area contributed by atoms with E-state index in [0.29, 0.717) is 18.4 Å². The summed E-state index contributed by atoms with van der Waals surface area (Å²) >= 11 is 0. The number of rotatable bonds is 4. The van der Waals surface area contributed by atoms with Gasteiger partial charge in [-0.25, -0.2) is 9.59 Å². The van der Waals surface area contributed by atoms with E-state index in [1.807, 2.05) is 4.90 Å². The summed E-state index contributed by atoms with van der Waals surface area (Å²) in [5.74, 6) is -2.49. The van der Waals surface area contributed by atoms with Crippen molar-refractivity contribution in [1.29, 1.82) is 0 Å². The van der Waals surface area contributed by atoms with Gasteiger partial charge in [-0.05, 0) is 24.8 Å². The van der Waals surface area contributed by atoms with Gasteiger partial charge in [0.15, 0.2) is 0 Å². The first-order valence-corrected chi connectivity index (χ1v) is 10.7. The van der Waals surface area contributed by atoms with Crippen molar-refractivity contribution in [2.75, 3.05) is 34.4 Å². The average molecular weight is 434 g/mol. The van der Waals surface area contributed by atoms with Gasteiger partial charge in [-0.2, -0.15) is 0 Å². The molecule has 1 fully saturated rings. The highest BCUT2D eigenvalue weighted by Gasteiger charge is 2.48. The third-order valence-corrected chi connectivity index (χ3v) is 6.22. The number of carbonyl (C=O) groups is 4. The van der Waals surface area contributed by atoms with Gasteiger partial charge in [-0.1, -0.05) is 25.7 Å². The van der Waals surface area contributed by atoms with E-state index in [9.17, 15) is 19.2 Å². The van der Waals surface area contributed by atoms with E-state index in [0.717, 1.165) is 32.1 Å². The second-order valence-electron chi connectivity index (χ2n) is 8.02. The molecule has 0 radical (unpaired) electrons. The number of amides is 1. The van der Waals surface area contributed by atoms with Gasteiger partial charge in [0.05, 0.1) is 39.0 Å². The highest BCUT2D eigenvalue weighted by molar-refractivity contribution is 6.04. The molecule has 0 N–H and O–H groups in total. The van der Waals surface area contributed by atoms with Crippen LogP contribution in [0.25, 0.3) is 0 Å². The van der Waals surface area contributed by atoms with E-state index < -0.39 is 30.0 Å². The van der Waals surface area contributed by atoms with Crippen molar-refractivity contribution in [3.63, 3.8) is 0 Å². The van der Waals surface area contributed by atoms with Gasteiger partial charge >= 0.3 is 17.9 Å². The van der Waals surface area contributed by atoms with Crippen LogP contribution >= 0.6 is 0 Å². The molecular formula is C22H30N2O7. The van der Waals surface area contributed by atoms with Crippen LogP contribution in [0.4, 0.5) is 0 Å². The molecule has 0 saturated carbocycles. The molecule has 2 atom stereocenters. The zero-order valence-electron chi connectivity index (χ0n) is 18.3. The molecule has 31 heavy (non-hydrogen) atoms. The van der Waals surface area contributed by atoms with Gasteiger partial charge in [0.25, 0.3) is 0 Å². The van der Waals surface area contributed by atoms with Gasteiger partial charge in [0.1, 0.15) is 12.7 Å². The molecule has 0 aromatic rings. The number of esters is 3.